The molecule has 0 aromatic heterocycles. The molecule has 0 fully saturated rings. The number of unbranched alkanes of at least 4 members (excludes halogenated alkanes) is 12. The van der Waals surface area contributed by atoms with Crippen LogP contribution in [0.25, 0.3) is 0 Å². The zero-order chi connectivity index (χ0) is 14.0. The molecule has 0 unspecified atom stereocenters. The van der Waals surface area contributed by atoms with Crippen molar-refractivity contribution >= 4 is 0 Å². The topological polar surface area (TPSA) is 0 Å². The van der Waals surface area contributed by atoms with Gasteiger partial charge in [-0.15, -0.1) is 5.73 Å². The minimum atomic E-state index is 1.22. The third-order valence-corrected chi connectivity index (χ3v) is 3.64. The van der Waals surface area contributed by atoms with E-state index in [2.05, 4.69) is 31.7 Å². The molecule has 0 nitrogen and oxygen atoms in total. The smallest absolute Gasteiger partial charge is 0.0274 e. The number of rotatable bonds is 14. The standard InChI is InChI=1S/C19H36/c1-3-5-7-9-11-13-15-17-19-18-16-14-12-10-8-6-4-2/h15,19H,3-14,16,18H2,1-2H3. The van der Waals surface area contributed by atoms with E-state index in [-0.39, 0.29) is 0 Å². The second kappa shape index (κ2) is 17.5. The van der Waals surface area contributed by atoms with E-state index >= 15 is 0 Å². The van der Waals surface area contributed by atoms with Gasteiger partial charge in [0.05, 0.1) is 0 Å². The van der Waals surface area contributed by atoms with Crippen molar-refractivity contribution in [2.75, 3.05) is 0 Å². The van der Waals surface area contributed by atoms with Gasteiger partial charge in [-0.2, -0.15) is 0 Å². The van der Waals surface area contributed by atoms with Crippen LogP contribution < -0.4 is 0 Å². The van der Waals surface area contributed by atoms with Crippen LogP contribution in [0.3, 0.4) is 0 Å². The molecule has 0 aliphatic heterocycles. The van der Waals surface area contributed by atoms with Crippen LogP contribution in [0.5, 0.6) is 0 Å². The third-order valence-electron chi connectivity index (χ3n) is 3.64. The highest BCUT2D eigenvalue weighted by Crippen LogP contribution is 2.08. The Kier molecular flexibility index (Phi) is 17.1. The molecule has 0 aliphatic carbocycles. The van der Waals surface area contributed by atoms with Crippen LogP contribution in [-0.2, 0) is 0 Å². The van der Waals surface area contributed by atoms with Gasteiger partial charge in [0.25, 0.3) is 0 Å². The van der Waals surface area contributed by atoms with E-state index in [4.69, 9.17) is 0 Å². The second-order valence-corrected chi connectivity index (χ2v) is 5.69. The Hall–Kier alpha value is -0.480. The molecule has 0 saturated heterocycles. The predicted molar refractivity (Wildman–Crippen MR) is 88.6 cm³/mol. The van der Waals surface area contributed by atoms with Crippen LogP contribution in [0.4, 0.5) is 0 Å². The molecule has 0 heterocycles. The zero-order valence-corrected chi connectivity index (χ0v) is 13.6. The lowest BCUT2D eigenvalue weighted by Crippen LogP contribution is -1.78. The van der Waals surface area contributed by atoms with Gasteiger partial charge in [0.1, 0.15) is 0 Å². The van der Waals surface area contributed by atoms with Crippen LogP contribution in [0.15, 0.2) is 17.9 Å². The predicted octanol–water partition coefficient (Wildman–Crippen LogP) is 7.20. The van der Waals surface area contributed by atoms with Gasteiger partial charge >= 0.3 is 0 Å². The molecule has 0 amide bonds. The van der Waals surface area contributed by atoms with Crippen LogP contribution in [0, 0.1) is 0 Å². The summed E-state index contributed by atoms with van der Waals surface area (Å²) in [7, 11) is 0. The summed E-state index contributed by atoms with van der Waals surface area (Å²) in [4.78, 5) is 0. The summed E-state index contributed by atoms with van der Waals surface area (Å²) in [6, 6.07) is 0. The SMILES string of the molecule is CCCCCCCC=C=CCCCCCCCCC. The molecule has 0 N–H and O–H groups in total. The monoisotopic (exact) mass is 264 g/mol. The average molecular weight is 264 g/mol. The Morgan fingerprint density at radius 2 is 0.895 bits per heavy atom. The molecular weight excluding hydrogens is 228 g/mol. The second-order valence-electron chi connectivity index (χ2n) is 5.69. The van der Waals surface area contributed by atoms with Crippen molar-refractivity contribution in [3.05, 3.63) is 17.9 Å². The lowest BCUT2D eigenvalue weighted by molar-refractivity contribution is 0.592. The largest absolute Gasteiger partial charge is 0.130 e. The number of allylic oxidation sites excluding steroid dienone is 1. The number of hydrogen-bond donors (Lipinski definition) is 0. The van der Waals surface area contributed by atoms with Crippen molar-refractivity contribution in [3.8, 4) is 0 Å². The molecule has 0 bridgehead atoms. The summed E-state index contributed by atoms with van der Waals surface area (Å²) >= 11 is 0. The van der Waals surface area contributed by atoms with E-state index in [9.17, 15) is 0 Å². The van der Waals surface area contributed by atoms with Gasteiger partial charge in [0, 0.05) is 0 Å². The Morgan fingerprint density at radius 3 is 1.32 bits per heavy atom. The Balaban J connectivity index is 3.15. The first-order valence-electron chi connectivity index (χ1n) is 8.81. The van der Waals surface area contributed by atoms with Crippen molar-refractivity contribution in [1.29, 1.82) is 0 Å². The van der Waals surface area contributed by atoms with Gasteiger partial charge in [0.2, 0.25) is 0 Å². The molecule has 0 heteroatoms. The van der Waals surface area contributed by atoms with E-state index in [0.717, 1.165) is 0 Å². The molecule has 0 atom stereocenters. The van der Waals surface area contributed by atoms with E-state index in [1.807, 2.05) is 0 Å². The molecule has 0 aromatic rings. The van der Waals surface area contributed by atoms with E-state index in [1.165, 1.54) is 89.9 Å². The van der Waals surface area contributed by atoms with Crippen molar-refractivity contribution in [2.45, 2.75) is 104 Å². The molecule has 0 aromatic carbocycles. The van der Waals surface area contributed by atoms with Gasteiger partial charge < -0.3 is 0 Å². The lowest BCUT2D eigenvalue weighted by Gasteiger charge is -1.98. The Morgan fingerprint density at radius 1 is 0.526 bits per heavy atom. The molecule has 112 valence electrons. The first-order chi connectivity index (χ1) is 9.41. The number of hydrogen-bond acceptors (Lipinski definition) is 0. The van der Waals surface area contributed by atoms with Gasteiger partial charge in [0.15, 0.2) is 0 Å². The Bertz CT molecular complexity index is 208. The maximum absolute atomic E-state index is 3.34. The van der Waals surface area contributed by atoms with Crippen LogP contribution in [-0.4, -0.2) is 0 Å². The first-order valence-corrected chi connectivity index (χ1v) is 8.81. The van der Waals surface area contributed by atoms with Gasteiger partial charge in [-0.05, 0) is 37.8 Å². The van der Waals surface area contributed by atoms with Crippen molar-refractivity contribution in [3.63, 3.8) is 0 Å². The molecule has 0 rings (SSSR count). The zero-order valence-electron chi connectivity index (χ0n) is 13.6. The normalized spacial score (nSPS) is 10.2. The van der Waals surface area contributed by atoms with Crippen LogP contribution in [0.1, 0.15) is 104 Å². The van der Waals surface area contributed by atoms with Crippen LogP contribution in [0.2, 0.25) is 0 Å². The molecule has 0 spiro atoms. The summed E-state index contributed by atoms with van der Waals surface area (Å²) in [5.41, 5.74) is 3.34. The quantitative estimate of drug-likeness (QED) is 0.230. The Labute approximate surface area is 122 Å². The maximum atomic E-state index is 3.34. The van der Waals surface area contributed by atoms with Crippen molar-refractivity contribution in [1.82, 2.24) is 0 Å². The van der Waals surface area contributed by atoms with Crippen molar-refractivity contribution in [2.24, 2.45) is 0 Å². The minimum Gasteiger partial charge on any atom is -0.130 e. The maximum Gasteiger partial charge on any atom is -0.0274 e. The van der Waals surface area contributed by atoms with Gasteiger partial charge in [-0.1, -0.05) is 78.1 Å². The van der Waals surface area contributed by atoms with Gasteiger partial charge in [-0.3, -0.25) is 0 Å². The molecule has 0 aliphatic rings. The minimum absolute atomic E-state index is 1.22. The highest BCUT2D eigenvalue weighted by molar-refractivity contribution is 4.84. The molecular formula is C19H36. The van der Waals surface area contributed by atoms with Gasteiger partial charge in [-0.25, -0.2) is 0 Å². The lowest BCUT2D eigenvalue weighted by atomic mass is 10.1. The summed E-state index contributed by atoms with van der Waals surface area (Å²) in [5, 5.41) is 0. The molecule has 19 heavy (non-hydrogen) atoms. The van der Waals surface area contributed by atoms with E-state index < -0.39 is 0 Å². The third kappa shape index (κ3) is 17.5. The molecule has 0 saturated carbocycles. The summed E-state index contributed by atoms with van der Waals surface area (Å²) in [6.07, 6.45) is 23.6. The summed E-state index contributed by atoms with van der Waals surface area (Å²) in [6.45, 7) is 4.55. The first kappa shape index (κ1) is 18.5. The van der Waals surface area contributed by atoms with Crippen molar-refractivity contribution < 1.29 is 0 Å². The summed E-state index contributed by atoms with van der Waals surface area (Å²) in [5.74, 6) is 0. The van der Waals surface area contributed by atoms with E-state index in [0.29, 0.717) is 0 Å². The van der Waals surface area contributed by atoms with Crippen LogP contribution >= 0.6 is 0 Å². The fourth-order valence-corrected chi connectivity index (χ4v) is 2.30. The highest BCUT2D eigenvalue weighted by Gasteiger charge is 1.89. The fraction of sp³-hybridized carbons (Fsp3) is 0.842. The fourth-order valence-electron chi connectivity index (χ4n) is 2.30. The summed E-state index contributed by atoms with van der Waals surface area (Å²) < 4.78 is 0. The van der Waals surface area contributed by atoms with E-state index in [1.54, 1.807) is 0 Å². The average Bonchev–Trinajstić information content (AvgIpc) is 2.43. The molecule has 0 radical (unpaired) electrons. The highest BCUT2D eigenvalue weighted by atomic mass is 13.9.